The summed E-state index contributed by atoms with van der Waals surface area (Å²) in [5.41, 5.74) is 2.45. The Balaban J connectivity index is 1.98. The van der Waals surface area contributed by atoms with E-state index in [9.17, 15) is 0 Å². The van der Waals surface area contributed by atoms with Gasteiger partial charge in [0.15, 0.2) is 0 Å². The van der Waals surface area contributed by atoms with E-state index < -0.39 is 0 Å². The number of rotatable bonds is 4. The third kappa shape index (κ3) is 2.57. The lowest BCUT2D eigenvalue weighted by Gasteiger charge is -2.17. The molecular weight excluding hydrogens is 266 g/mol. The van der Waals surface area contributed by atoms with Crippen molar-refractivity contribution in [2.24, 2.45) is 0 Å². The van der Waals surface area contributed by atoms with Gasteiger partial charge in [0.05, 0.1) is 10.7 Å². The summed E-state index contributed by atoms with van der Waals surface area (Å²) in [4.78, 5) is 8.77. The van der Waals surface area contributed by atoms with Crippen LogP contribution >= 0.6 is 11.3 Å². The minimum Gasteiger partial charge on any atom is -0.313 e. The van der Waals surface area contributed by atoms with Gasteiger partial charge in [-0.15, -0.1) is 11.3 Å². The molecular formula is C16H17N3S. The fourth-order valence-corrected chi connectivity index (χ4v) is 3.16. The van der Waals surface area contributed by atoms with Crippen molar-refractivity contribution >= 4 is 22.1 Å². The molecule has 4 heteroatoms. The topological polar surface area (TPSA) is 37.8 Å². The number of pyridine rings is 1. The highest BCUT2D eigenvalue weighted by atomic mass is 32.1. The Kier molecular flexibility index (Phi) is 3.76. The second-order valence-electron chi connectivity index (χ2n) is 4.85. The first-order valence-electron chi connectivity index (χ1n) is 6.69. The minimum atomic E-state index is 0.266. The molecule has 2 heterocycles. The molecule has 0 aliphatic rings. The first kappa shape index (κ1) is 13.2. The van der Waals surface area contributed by atoms with E-state index in [4.69, 9.17) is 0 Å². The molecule has 0 aliphatic heterocycles. The molecule has 1 atom stereocenters. The molecule has 1 unspecified atom stereocenters. The molecule has 1 aromatic carbocycles. The van der Waals surface area contributed by atoms with Crippen LogP contribution in [0, 0.1) is 6.92 Å². The molecule has 0 amide bonds. The molecule has 0 aliphatic carbocycles. The number of aryl methyl sites for hydroxylation is 1. The van der Waals surface area contributed by atoms with Gasteiger partial charge in [-0.2, -0.15) is 0 Å². The van der Waals surface area contributed by atoms with Crippen LogP contribution < -0.4 is 5.32 Å². The third-order valence-corrected chi connectivity index (χ3v) is 4.34. The fourth-order valence-electron chi connectivity index (χ4n) is 2.53. The monoisotopic (exact) mass is 283 g/mol. The van der Waals surface area contributed by atoms with E-state index in [1.165, 1.54) is 16.3 Å². The van der Waals surface area contributed by atoms with E-state index in [0.717, 1.165) is 17.1 Å². The van der Waals surface area contributed by atoms with Gasteiger partial charge in [0.2, 0.25) is 0 Å². The van der Waals surface area contributed by atoms with Crippen LogP contribution in [0.5, 0.6) is 0 Å². The summed E-state index contributed by atoms with van der Waals surface area (Å²) in [5, 5.41) is 9.12. The molecule has 3 aromatic rings. The van der Waals surface area contributed by atoms with Crippen molar-refractivity contribution in [2.75, 3.05) is 7.05 Å². The maximum absolute atomic E-state index is 4.57. The summed E-state index contributed by atoms with van der Waals surface area (Å²) in [6.07, 6.45) is 4.67. The van der Waals surface area contributed by atoms with Crippen LogP contribution in [-0.4, -0.2) is 17.0 Å². The van der Waals surface area contributed by atoms with Gasteiger partial charge >= 0.3 is 0 Å². The first-order chi connectivity index (χ1) is 9.78. The quantitative estimate of drug-likeness (QED) is 0.796. The number of aromatic nitrogens is 2. The van der Waals surface area contributed by atoms with Gasteiger partial charge in [-0.25, -0.2) is 4.98 Å². The molecule has 2 aromatic heterocycles. The van der Waals surface area contributed by atoms with Crippen LogP contribution in [0.1, 0.15) is 22.3 Å². The fraction of sp³-hybridized carbons (Fsp3) is 0.250. The van der Waals surface area contributed by atoms with E-state index in [1.54, 1.807) is 11.3 Å². The van der Waals surface area contributed by atoms with Gasteiger partial charge < -0.3 is 5.32 Å². The highest BCUT2D eigenvalue weighted by Gasteiger charge is 2.14. The predicted octanol–water partition coefficient (Wildman–Crippen LogP) is 3.50. The predicted molar refractivity (Wildman–Crippen MR) is 84.1 cm³/mol. The largest absolute Gasteiger partial charge is 0.313 e. The molecule has 0 radical (unpaired) electrons. The number of hydrogen-bond acceptors (Lipinski definition) is 4. The van der Waals surface area contributed by atoms with E-state index >= 15 is 0 Å². The SMILES string of the molecule is CNC(Cc1csc(C)n1)c1cccc2cnccc12. The molecule has 3 nitrogen and oxygen atoms in total. The van der Waals surface area contributed by atoms with Gasteiger partial charge in [0.25, 0.3) is 0 Å². The van der Waals surface area contributed by atoms with Crippen LogP contribution in [0.25, 0.3) is 10.8 Å². The lowest BCUT2D eigenvalue weighted by Crippen LogP contribution is -2.19. The molecule has 102 valence electrons. The summed E-state index contributed by atoms with van der Waals surface area (Å²) in [7, 11) is 2.00. The van der Waals surface area contributed by atoms with Gasteiger partial charge in [0.1, 0.15) is 0 Å². The van der Waals surface area contributed by atoms with E-state index in [1.807, 2.05) is 26.4 Å². The molecule has 0 saturated carbocycles. The Morgan fingerprint density at radius 2 is 2.20 bits per heavy atom. The van der Waals surface area contributed by atoms with Crippen molar-refractivity contribution in [2.45, 2.75) is 19.4 Å². The zero-order chi connectivity index (χ0) is 13.9. The molecule has 1 N–H and O–H groups in total. The number of nitrogens with one attached hydrogen (secondary N) is 1. The highest BCUT2D eigenvalue weighted by Crippen LogP contribution is 2.26. The summed E-state index contributed by atoms with van der Waals surface area (Å²) < 4.78 is 0. The average molecular weight is 283 g/mol. The standard InChI is InChI=1S/C16H17N3S/c1-11-19-13(10-20-11)8-16(17-2)15-5-3-4-12-9-18-7-6-14(12)15/h3-7,9-10,16-17H,8H2,1-2H3. The molecule has 0 bridgehead atoms. The van der Waals surface area contributed by atoms with Crippen molar-refractivity contribution in [3.8, 4) is 0 Å². The van der Waals surface area contributed by atoms with Crippen LogP contribution in [-0.2, 0) is 6.42 Å². The first-order valence-corrected chi connectivity index (χ1v) is 7.57. The van der Waals surface area contributed by atoms with Gasteiger partial charge in [-0.05, 0) is 31.0 Å². The van der Waals surface area contributed by atoms with Crippen molar-refractivity contribution in [3.05, 3.63) is 58.3 Å². The highest BCUT2D eigenvalue weighted by molar-refractivity contribution is 7.09. The van der Waals surface area contributed by atoms with Gasteiger partial charge in [0, 0.05) is 35.6 Å². The second kappa shape index (κ2) is 5.69. The molecule has 3 rings (SSSR count). The van der Waals surface area contributed by atoms with E-state index in [-0.39, 0.29) is 6.04 Å². The summed E-state index contributed by atoms with van der Waals surface area (Å²) in [6.45, 7) is 2.05. The maximum Gasteiger partial charge on any atom is 0.0897 e. The Morgan fingerprint density at radius 3 is 2.95 bits per heavy atom. The van der Waals surface area contributed by atoms with Crippen molar-refractivity contribution in [1.82, 2.24) is 15.3 Å². The smallest absolute Gasteiger partial charge is 0.0897 e. The normalized spacial score (nSPS) is 12.7. The zero-order valence-corrected chi connectivity index (χ0v) is 12.4. The third-order valence-electron chi connectivity index (χ3n) is 3.52. The molecule has 0 fully saturated rings. The Morgan fingerprint density at radius 1 is 1.30 bits per heavy atom. The lowest BCUT2D eigenvalue weighted by atomic mass is 9.97. The summed E-state index contributed by atoms with van der Waals surface area (Å²) in [5.74, 6) is 0. The van der Waals surface area contributed by atoms with E-state index in [0.29, 0.717) is 0 Å². The summed E-state index contributed by atoms with van der Waals surface area (Å²) >= 11 is 1.71. The van der Waals surface area contributed by atoms with Crippen LogP contribution in [0.3, 0.4) is 0 Å². The van der Waals surface area contributed by atoms with Crippen molar-refractivity contribution < 1.29 is 0 Å². The second-order valence-corrected chi connectivity index (χ2v) is 5.91. The van der Waals surface area contributed by atoms with Crippen LogP contribution in [0.4, 0.5) is 0 Å². The van der Waals surface area contributed by atoms with Gasteiger partial charge in [-0.1, -0.05) is 18.2 Å². The molecule has 0 spiro atoms. The Bertz CT molecular complexity index is 715. The van der Waals surface area contributed by atoms with E-state index in [2.05, 4.69) is 44.9 Å². The van der Waals surface area contributed by atoms with Crippen LogP contribution in [0.2, 0.25) is 0 Å². The van der Waals surface area contributed by atoms with Crippen molar-refractivity contribution in [3.63, 3.8) is 0 Å². The van der Waals surface area contributed by atoms with Crippen LogP contribution in [0.15, 0.2) is 42.0 Å². The van der Waals surface area contributed by atoms with Gasteiger partial charge in [-0.3, -0.25) is 4.98 Å². The van der Waals surface area contributed by atoms with Crippen molar-refractivity contribution in [1.29, 1.82) is 0 Å². The number of fused-ring (bicyclic) bond motifs is 1. The average Bonchev–Trinajstić information content (AvgIpc) is 2.89. The number of thiazole rings is 1. The summed E-state index contributed by atoms with van der Waals surface area (Å²) in [6, 6.07) is 8.73. The minimum absolute atomic E-state index is 0.266. The lowest BCUT2D eigenvalue weighted by molar-refractivity contribution is 0.589. The number of benzene rings is 1. The Labute approximate surface area is 122 Å². The maximum atomic E-state index is 4.57. The zero-order valence-electron chi connectivity index (χ0n) is 11.6. The molecule has 20 heavy (non-hydrogen) atoms. The number of nitrogens with zero attached hydrogens (tertiary/aromatic N) is 2. The number of likely N-dealkylation sites (N-methyl/N-ethyl adjacent to an activating group) is 1. The number of hydrogen-bond donors (Lipinski definition) is 1. The Hall–Kier alpha value is -1.78. The molecule has 0 saturated heterocycles.